The van der Waals surface area contributed by atoms with E-state index in [0.717, 1.165) is 61.0 Å². The Morgan fingerprint density at radius 3 is 2.45 bits per heavy atom. The van der Waals surface area contributed by atoms with Gasteiger partial charge in [-0.25, -0.2) is 9.97 Å². The number of halogens is 1. The third kappa shape index (κ3) is 3.73. The van der Waals surface area contributed by atoms with Crippen molar-refractivity contribution in [1.29, 1.82) is 0 Å². The van der Waals surface area contributed by atoms with Gasteiger partial charge in [0.2, 0.25) is 5.89 Å². The van der Waals surface area contributed by atoms with E-state index in [2.05, 4.69) is 26.9 Å². The Kier molecular flexibility index (Phi) is 4.96. The zero-order valence-corrected chi connectivity index (χ0v) is 17.3. The van der Waals surface area contributed by atoms with E-state index in [0.29, 0.717) is 22.8 Å². The molecule has 1 aliphatic heterocycles. The van der Waals surface area contributed by atoms with E-state index in [1.165, 1.54) is 12.8 Å². The Hall–Kier alpha value is -2.47. The maximum absolute atomic E-state index is 6.56. The number of anilines is 1. The summed E-state index contributed by atoms with van der Waals surface area (Å²) in [7, 11) is 0. The topological polar surface area (TPSA) is 67.9 Å². The fourth-order valence-electron chi connectivity index (χ4n) is 3.99. The molecule has 0 bridgehead atoms. The number of hydrogen-bond donors (Lipinski definition) is 0. The van der Waals surface area contributed by atoms with Gasteiger partial charge in [-0.15, -0.1) is 0 Å². The molecule has 3 heterocycles. The number of piperidine rings is 1. The number of hydrogen-bond acceptors (Lipinski definition) is 6. The molecule has 2 fully saturated rings. The summed E-state index contributed by atoms with van der Waals surface area (Å²) >= 11 is 6.56. The van der Waals surface area contributed by atoms with Crippen LogP contribution in [-0.2, 0) is 6.42 Å². The Bertz CT molecular complexity index is 994. The minimum absolute atomic E-state index is 0.346. The molecule has 150 valence electrons. The average Bonchev–Trinajstić information content (AvgIpc) is 3.50. The molecule has 0 spiro atoms. The van der Waals surface area contributed by atoms with Gasteiger partial charge in [0.1, 0.15) is 11.0 Å². The first-order valence-electron chi connectivity index (χ1n) is 10.4. The van der Waals surface area contributed by atoms with E-state index in [1.54, 1.807) is 0 Å². The van der Waals surface area contributed by atoms with Crippen molar-refractivity contribution >= 4 is 17.4 Å². The summed E-state index contributed by atoms with van der Waals surface area (Å²) < 4.78 is 5.46. The van der Waals surface area contributed by atoms with Gasteiger partial charge in [-0.2, -0.15) is 4.98 Å². The molecule has 0 amide bonds. The lowest BCUT2D eigenvalue weighted by Gasteiger charge is -2.33. The summed E-state index contributed by atoms with van der Waals surface area (Å²) in [6.07, 6.45) is 5.12. The van der Waals surface area contributed by atoms with Gasteiger partial charge in [0.05, 0.1) is 0 Å². The van der Waals surface area contributed by atoms with Crippen LogP contribution < -0.4 is 4.90 Å². The molecule has 0 unspecified atom stereocenters. The first kappa shape index (κ1) is 18.6. The molecule has 5 rings (SSSR count). The predicted molar refractivity (Wildman–Crippen MR) is 112 cm³/mol. The summed E-state index contributed by atoms with van der Waals surface area (Å²) in [6, 6.07) is 10.0. The Morgan fingerprint density at radius 2 is 1.76 bits per heavy atom. The third-order valence-corrected chi connectivity index (χ3v) is 6.18. The van der Waals surface area contributed by atoms with E-state index >= 15 is 0 Å². The van der Waals surface area contributed by atoms with Gasteiger partial charge >= 0.3 is 0 Å². The van der Waals surface area contributed by atoms with Gasteiger partial charge in [0.25, 0.3) is 0 Å². The van der Waals surface area contributed by atoms with E-state index in [4.69, 9.17) is 21.1 Å². The minimum Gasteiger partial charge on any atom is -0.356 e. The molecule has 1 aromatic carbocycles. The summed E-state index contributed by atoms with van der Waals surface area (Å²) in [5.41, 5.74) is 1.99. The van der Waals surface area contributed by atoms with E-state index in [-0.39, 0.29) is 0 Å². The van der Waals surface area contributed by atoms with Crippen LogP contribution >= 0.6 is 11.6 Å². The van der Waals surface area contributed by atoms with Gasteiger partial charge < -0.3 is 9.42 Å². The summed E-state index contributed by atoms with van der Waals surface area (Å²) in [5.74, 6) is 4.17. The molecule has 0 N–H and O–H groups in total. The average molecular weight is 410 g/mol. The second-order valence-electron chi connectivity index (χ2n) is 7.89. The lowest BCUT2D eigenvalue weighted by atomic mass is 9.96. The highest BCUT2D eigenvalue weighted by molar-refractivity contribution is 6.30. The first-order valence-corrected chi connectivity index (χ1v) is 10.8. The van der Waals surface area contributed by atoms with Crippen LogP contribution in [0.2, 0.25) is 5.15 Å². The van der Waals surface area contributed by atoms with Crippen molar-refractivity contribution in [3.05, 3.63) is 52.8 Å². The van der Waals surface area contributed by atoms with Crippen LogP contribution in [0, 0.1) is 0 Å². The molecule has 1 saturated carbocycles. The van der Waals surface area contributed by atoms with Crippen LogP contribution in [0.25, 0.3) is 11.4 Å². The predicted octanol–water partition coefficient (Wildman–Crippen LogP) is 5.00. The molecule has 1 aliphatic carbocycles. The monoisotopic (exact) mass is 409 g/mol. The van der Waals surface area contributed by atoms with Crippen molar-refractivity contribution in [3.63, 3.8) is 0 Å². The maximum atomic E-state index is 6.56. The summed E-state index contributed by atoms with van der Waals surface area (Å²) in [4.78, 5) is 16.4. The summed E-state index contributed by atoms with van der Waals surface area (Å²) in [6.45, 7) is 3.89. The number of aromatic nitrogens is 4. The van der Waals surface area contributed by atoms with Crippen LogP contribution in [-0.4, -0.2) is 33.2 Å². The van der Waals surface area contributed by atoms with Crippen LogP contribution in [0.3, 0.4) is 0 Å². The first-order chi connectivity index (χ1) is 14.2. The highest BCUT2D eigenvalue weighted by Crippen LogP contribution is 2.40. The van der Waals surface area contributed by atoms with Gasteiger partial charge in [0, 0.05) is 36.1 Å². The van der Waals surface area contributed by atoms with Crippen LogP contribution in [0.5, 0.6) is 0 Å². The van der Waals surface area contributed by atoms with Crippen molar-refractivity contribution in [2.45, 2.75) is 50.9 Å². The lowest BCUT2D eigenvalue weighted by Crippen LogP contribution is -2.34. The largest absolute Gasteiger partial charge is 0.356 e. The smallest absolute Gasteiger partial charge is 0.229 e. The van der Waals surface area contributed by atoms with Crippen molar-refractivity contribution in [2.24, 2.45) is 0 Å². The second-order valence-corrected chi connectivity index (χ2v) is 8.24. The van der Waals surface area contributed by atoms with Crippen molar-refractivity contribution in [1.82, 2.24) is 20.1 Å². The van der Waals surface area contributed by atoms with E-state index in [1.807, 2.05) is 30.3 Å². The molecular formula is C22H24ClN5O. The van der Waals surface area contributed by atoms with Crippen LogP contribution in [0.15, 0.2) is 34.9 Å². The second kappa shape index (κ2) is 7.75. The van der Waals surface area contributed by atoms with Gasteiger partial charge in [-0.05, 0) is 32.1 Å². The third-order valence-electron chi connectivity index (χ3n) is 5.86. The van der Waals surface area contributed by atoms with E-state index in [9.17, 15) is 0 Å². The normalized spacial score (nSPS) is 17.7. The number of nitrogens with zero attached hydrogens (tertiary/aromatic N) is 5. The fourth-order valence-corrected chi connectivity index (χ4v) is 4.28. The Morgan fingerprint density at radius 1 is 1.00 bits per heavy atom. The van der Waals surface area contributed by atoms with Crippen molar-refractivity contribution in [3.8, 4) is 11.4 Å². The van der Waals surface area contributed by atoms with Crippen molar-refractivity contribution < 1.29 is 4.52 Å². The zero-order valence-electron chi connectivity index (χ0n) is 16.5. The molecule has 2 aliphatic rings. The lowest BCUT2D eigenvalue weighted by molar-refractivity contribution is 0.364. The minimum atomic E-state index is 0.346. The highest BCUT2D eigenvalue weighted by Gasteiger charge is 2.32. The van der Waals surface area contributed by atoms with Crippen molar-refractivity contribution in [2.75, 3.05) is 18.0 Å². The molecule has 2 aromatic heterocycles. The molecule has 1 saturated heterocycles. The highest BCUT2D eigenvalue weighted by atomic mass is 35.5. The molecule has 7 heteroatoms. The fraction of sp³-hybridized carbons (Fsp3) is 0.455. The number of rotatable bonds is 5. The molecular weight excluding hydrogens is 386 g/mol. The SMILES string of the molecule is CCc1c(Cl)nc(-c2ccccc2)nc1N1CCC(c2noc(C3CC3)n2)CC1. The molecule has 0 atom stereocenters. The van der Waals surface area contributed by atoms with E-state index < -0.39 is 0 Å². The quantitative estimate of drug-likeness (QED) is 0.552. The number of benzene rings is 1. The Labute approximate surface area is 175 Å². The summed E-state index contributed by atoms with van der Waals surface area (Å²) in [5, 5.41) is 4.80. The molecule has 29 heavy (non-hydrogen) atoms. The van der Waals surface area contributed by atoms with Gasteiger partial charge in [-0.3, -0.25) is 0 Å². The zero-order chi connectivity index (χ0) is 19.8. The van der Waals surface area contributed by atoms with Crippen LogP contribution in [0.4, 0.5) is 5.82 Å². The van der Waals surface area contributed by atoms with Gasteiger partial charge in [0.15, 0.2) is 11.6 Å². The molecule has 0 radical (unpaired) electrons. The van der Waals surface area contributed by atoms with Gasteiger partial charge in [-0.1, -0.05) is 54.0 Å². The Balaban J connectivity index is 1.37. The molecule has 6 nitrogen and oxygen atoms in total. The molecule has 3 aromatic rings. The van der Waals surface area contributed by atoms with Crippen LogP contribution in [0.1, 0.15) is 61.7 Å². The maximum Gasteiger partial charge on any atom is 0.229 e. The standard InChI is InChI=1S/C22H24ClN5O/c1-2-17-18(23)24-19(14-6-4-3-5-7-14)25-21(17)28-12-10-15(11-13-28)20-26-22(29-27-20)16-8-9-16/h3-7,15-16H,2,8-13H2,1H3.